The van der Waals surface area contributed by atoms with E-state index in [2.05, 4.69) is 10.4 Å². The van der Waals surface area contributed by atoms with Crippen molar-refractivity contribution in [2.45, 2.75) is 0 Å². The molecule has 0 aliphatic heterocycles. The summed E-state index contributed by atoms with van der Waals surface area (Å²) in [5, 5.41) is 0. The van der Waals surface area contributed by atoms with Crippen molar-refractivity contribution in [3.8, 4) is 17.2 Å². The van der Waals surface area contributed by atoms with Crippen LogP contribution in [0.25, 0.3) is 0 Å². The molecule has 0 aliphatic rings. The van der Waals surface area contributed by atoms with Crippen LogP contribution in [0.2, 0.25) is 0 Å². The first-order valence-electron chi connectivity index (χ1n) is 6.02. The van der Waals surface area contributed by atoms with Crippen LogP contribution in [0.4, 0.5) is 0 Å². The highest BCUT2D eigenvalue weighted by Gasteiger charge is 2.15. The normalized spacial score (nSPS) is 11.2. The second-order valence-corrected chi connectivity index (χ2v) is 3.77. The fourth-order valence-corrected chi connectivity index (χ4v) is 1.67. The van der Waals surface area contributed by atoms with Crippen molar-refractivity contribution in [3.63, 3.8) is 0 Å². The Kier molecular flexibility index (Phi) is 6.61. The molecule has 112 valence electrons. The Morgan fingerprint density at radius 1 is 1.05 bits per heavy atom. The van der Waals surface area contributed by atoms with Crippen LogP contribution in [0, 0.1) is 0 Å². The lowest BCUT2D eigenvalue weighted by Crippen LogP contribution is -2.32. The first kappa shape index (κ1) is 16.1. The number of aliphatic imine (C=N–C) groups is 1. The molecule has 0 saturated heterocycles. The molecule has 7 heteroatoms. The average molecular weight is 283 g/mol. The van der Waals surface area contributed by atoms with Gasteiger partial charge in [0.15, 0.2) is 11.5 Å². The number of methoxy groups -OCH3 is 4. The zero-order valence-corrected chi connectivity index (χ0v) is 12.2. The van der Waals surface area contributed by atoms with Crippen LogP contribution in [0.1, 0.15) is 5.56 Å². The van der Waals surface area contributed by atoms with Gasteiger partial charge in [-0.3, -0.25) is 4.99 Å². The highest BCUT2D eigenvalue weighted by atomic mass is 16.5. The number of nitrogens with zero attached hydrogens (tertiary/aromatic N) is 1. The molecule has 1 aromatic rings. The summed E-state index contributed by atoms with van der Waals surface area (Å²) < 4.78 is 20.8. The van der Waals surface area contributed by atoms with Crippen molar-refractivity contribution in [1.29, 1.82) is 0 Å². The van der Waals surface area contributed by atoms with E-state index in [1.54, 1.807) is 40.6 Å². The Labute approximate surface area is 118 Å². The van der Waals surface area contributed by atoms with Crippen LogP contribution in [0.15, 0.2) is 17.1 Å². The van der Waals surface area contributed by atoms with E-state index in [1.807, 2.05) is 0 Å². The summed E-state index contributed by atoms with van der Waals surface area (Å²) in [4.78, 5) is 4.32. The van der Waals surface area contributed by atoms with E-state index in [9.17, 15) is 0 Å². The molecule has 0 fully saturated rings. The summed E-state index contributed by atoms with van der Waals surface area (Å²) in [6, 6.07) is 3.47. The van der Waals surface area contributed by atoms with Gasteiger partial charge >= 0.3 is 0 Å². The van der Waals surface area contributed by atoms with Gasteiger partial charge in [0.25, 0.3) is 0 Å². The molecular weight excluding hydrogens is 262 g/mol. The molecule has 3 N–H and O–H groups in total. The molecule has 0 aromatic heterocycles. The molecule has 1 rings (SSSR count). The van der Waals surface area contributed by atoms with Crippen LogP contribution < -0.4 is 25.5 Å². The van der Waals surface area contributed by atoms with Crippen LogP contribution in [0.5, 0.6) is 17.2 Å². The molecule has 1 aromatic carbocycles. The lowest BCUT2D eigenvalue weighted by atomic mass is 10.1. The van der Waals surface area contributed by atoms with E-state index in [1.165, 1.54) is 0 Å². The summed E-state index contributed by atoms with van der Waals surface area (Å²) in [5.41, 5.74) is 3.24. The molecular formula is C13H21N3O4. The number of hydrogen-bond donors (Lipinski definition) is 2. The molecule has 0 unspecified atom stereocenters. The van der Waals surface area contributed by atoms with E-state index in [-0.39, 0.29) is 0 Å². The Hall–Kier alpha value is -1.99. The molecule has 0 aliphatic carbocycles. The zero-order valence-electron chi connectivity index (χ0n) is 12.2. The van der Waals surface area contributed by atoms with Crippen LogP contribution in [0.3, 0.4) is 0 Å². The van der Waals surface area contributed by atoms with E-state index >= 15 is 0 Å². The molecule has 0 radical (unpaired) electrons. The number of nitrogens with two attached hydrogens (primary N) is 1. The van der Waals surface area contributed by atoms with E-state index in [4.69, 9.17) is 24.8 Å². The number of amidine groups is 1. The highest BCUT2D eigenvalue weighted by Crippen LogP contribution is 2.34. The average Bonchev–Trinajstić information content (AvgIpc) is 2.50. The van der Waals surface area contributed by atoms with Crippen molar-refractivity contribution < 1.29 is 18.9 Å². The second kappa shape index (κ2) is 8.23. The third-order valence-corrected chi connectivity index (χ3v) is 2.66. The van der Waals surface area contributed by atoms with Gasteiger partial charge in [-0.15, -0.1) is 0 Å². The zero-order chi connectivity index (χ0) is 15.0. The minimum atomic E-state index is 0.480. The van der Waals surface area contributed by atoms with E-state index < -0.39 is 0 Å². The number of benzene rings is 1. The van der Waals surface area contributed by atoms with Gasteiger partial charge in [0.05, 0.1) is 40.0 Å². The van der Waals surface area contributed by atoms with Gasteiger partial charge in [0, 0.05) is 13.2 Å². The Bertz CT molecular complexity index is 463. The SMILES string of the molecule is COCCN=C(NN)c1cc(OC)c(OC)cc1OC. The van der Waals surface area contributed by atoms with Crippen LogP contribution in [-0.2, 0) is 4.74 Å². The maximum atomic E-state index is 5.52. The van der Waals surface area contributed by atoms with Gasteiger partial charge in [-0.1, -0.05) is 0 Å². The predicted molar refractivity (Wildman–Crippen MR) is 76.7 cm³/mol. The van der Waals surface area contributed by atoms with E-state index in [0.717, 1.165) is 0 Å². The van der Waals surface area contributed by atoms with Crippen molar-refractivity contribution in [3.05, 3.63) is 17.7 Å². The molecule has 0 heterocycles. The van der Waals surface area contributed by atoms with Gasteiger partial charge in [0.2, 0.25) is 0 Å². The first-order valence-corrected chi connectivity index (χ1v) is 6.02. The number of hydrazine groups is 1. The van der Waals surface area contributed by atoms with Crippen LogP contribution in [-0.4, -0.2) is 47.4 Å². The molecule has 0 spiro atoms. The summed E-state index contributed by atoms with van der Waals surface area (Å²) in [5.74, 6) is 7.73. The summed E-state index contributed by atoms with van der Waals surface area (Å²) >= 11 is 0. The molecule has 0 bridgehead atoms. The van der Waals surface area contributed by atoms with Crippen molar-refractivity contribution in [1.82, 2.24) is 5.43 Å². The molecule has 7 nitrogen and oxygen atoms in total. The molecule has 0 amide bonds. The summed E-state index contributed by atoms with van der Waals surface area (Å²) in [6.07, 6.45) is 0. The fraction of sp³-hybridized carbons (Fsp3) is 0.462. The van der Waals surface area contributed by atoms with Gasteiger partial charge in [-0.2, -0.15) is 0 Å². The lowest BCUT2D eigenvalue weighted by molar-refractivity contribution is 0.208. The predicted octanol–water partition coefficient (Wildman–Crippen LogP) is 0.569. The number of hydrogen-bond acceptors (Lipinski definition) is 6. The third kappa shape index (κ3) is 3.75. The molecule has 0 saturated carbocycles. The Balaban J connectivity index is 3.22. The quantitative estimate of drug-likeness (QED) is 0.250. The Morgan fingerprint density at radius 2 is 1.65 bits per heavy atom. The number of nitrogens with one attached hydrogen (secondary N) is 1. The summed E-state index contributed by atoms with van der Waals surface area (Å²) in [6.45, 7) is 0.980. The number of rotatable bonds is 7. The maximum Gasteiger partial charge on any atom is 0.164 e. The minimum absolute atomic E-state index is 0.480. The monoisotopic (exact) mass is 283 g/mol. The maximum absolute atomic E-state index is 5.52. The standard InChI is InChI=1S/C13H21N3O4/c1-17-6-5-15-13(16-14)9-7-11(19-3)12(20-4)8-10(9)18-2/h7-8H,5-6,14H2,1-4H3,(H,15,16). The van der Waals surface area contributed by atoms with Gasteiger partial charge < -0.3 is 24.4 Å². The van der Waals surface area contributed by atoms with Crippen molar-refractivity contribution >= 4 is 5.84 Å². The largest absolute Gasteiger partial charge is 0.496 e. The second-order valence-electron chi connectivity index (χ2n) is 3.77. The van der Waals surface area contributed by atoms with Gasteiger partial charge in [-0.05, 0) is 6.07 Å². The molecule has 20 heavy (non-hydrogen) atoms. The topological polar surface area (TPSA) is 87.3 Å². The van der Waals surface area contributed by atoms with Crippen LogP contribution >= 0.6 is 0 Å². The smallest absolute Gasteiger partial charge is 0.164 e. The van der Waals surface area contributed by atoms with E-state index in [0.29, 0.717) is 41.8 Å². The highest BCUT2D eigenvalue weighted by molar-refractivity contribution is 6.01. The number of ether oxygens (including phenoxy) is 4. The lowest BCUT2D eigenvalue weighted by Gasteiger charge is -2.15. The van der Waals surface area contributed by atoms with Gasteiger partial charge in [-0.25, -0.2) is 5.84 Å². The van der Waals surface area contributed by atoms with Crippen molar-refractivity contribution in [2.75, 3.05) is 41.6 Å². The third-order valence-electron chi connectivity index (χ3n) is 2.66. The minimum Gasteiger partial charge on any atom is -0.496 e. The summed E-state index contributed by atoms with van der Waals surface area (Å²) in [7, 11) is 6.30. The first-order chi connectivity index (χ1) is 9.71. The fourth-order valence-electron chi connectivity index (χ4n) is 1.67. The molecule has 0 atom stereocenters. The van der Waals surface area contributed by atoms with Gasteiger partial charge in [0.1, 0.15) is 11.6 Å². The Morgan fingerprint density at radius 3 is 2.15 bits per heavy atom. The van der Waals surface area contributed by atoms with Crippen molar-refractivity contribution in [2.24, 2.45) is 10.8 Å².